The lowest BCUT2D eigenvalue weighted by Gasteiger charge is -2.20. The molecule has 0 amide bonds. The van der Waals surface area contributed by atoms with E-state index in [-0.39, 0.29) is 0 Å². The van der Waals surface area contributed by atoms with E-state index in [0.717, 1.165) is 28.7 Å². The maximum Gasteiger partial charge on any atom is 0.312 e. The number of anilines is 1. The first kappa shape index (κ1) is 13.8. The fourth-order valence-corrected chi connectivity index (χ4v) is 4.29. The lowest BCUT2D eigenvalue weighted by Crippen LogP contribution is -2.32. The second-order valence-electron chi connectivity index (χ2n) is 5.81. The van der Waals surface area contributed by atoms with Crippen molar-refractivity contribution in [3.63, 3.8) is 0 Å². The van der Waals surface area contributed by atoms with E-state index in [2.05, 4.69) is 22.1 Å². The molecule has 3 rings (SSSR count). The molecule has 6 heteroatoms. The maximum absolute atomic E-state index is 11.2. The second-order valence-corrected chi connectivity index (χ2v) is 6.89. The Morgan fingerprint density at radius 3 is 3.00 bits per heavy atom. The van der Waals surface area contributed by atoms with Crippen LogP contribution in [0.4, 0.5) is 5.13 Å². The van der Waals surface area contributed by atoms with Gasteiger partial charge in [-0.25, -0.2) is 4.98 Å². The van der Waals surface area contributed by atoms with Gasteiger partial charge in [-0.3, -0.25) is 4.79 Å². The Morgan fingerprint density at radius 1 is 1.55 bits per heavy atom. The zero-order valence-corrected chi connectivity index (χ0v) is 12.6. The van der Waals surface area contributed by atoms with E-state index >= 15 is 0 Å². The number of carboxylic acids is 1. The Hall–Kier alpha value is -1.14. The lowest BCUT2D eigenvalue weighted by atomic mass is 10.1. The third-order valence-electron chi connectivity index (χ3n) is 4.12. The molecule has 5 nitrogen and oxygen atoms in total. The van der Waals surface area contributed by atoms with Gasteiger partial charge in [0.05, 0.1) is 5.69 Å². The minimum atomic E-state index is -0.745. The summed E-state index contributed by atoms with van der Waals surface area (Å²) in [5.74, 6) is -1.14. The molecule has 0 bridgehead atoms. The molecule has 2 unspecified atom stereocenters. The van der Waals surface area contributed by atoms with E-state index in [9.17, 15) is 9.90 Å². The molecule has 0 spiro atoms. The summed E-state index contributed by atoms with van der Waals surface area (Å²) < 4.78 is 0. The SMILES string of the molecule is CC(CN1CCCC1)Nc1nc2c(s1)CCC2C(=O)O. The first-order valence-electron chi connectivity index (χ1n) is 7.35. The first-order valence-corrected chi connectivity index (χ1v) is 8.16. The number of hydrogen-bond donors (Lipinski definition) is 2. The Balaban J connectivity index is 1.61. The Bertz CT molecular complexity index is 497. The molecular weight excluding hydrogens is 274 g/mol. The molecule has 0 aromatic carbocycles. The minimum absolute atomic E-state index is 0.350. The monoisotopic (exact) mass is 295 g/mol. The van der Waals surface area contributed by atoms with E-state index in [1.807, 2.05) is 0 Å². The number of aliphatic carboxylic acids is 1. The third-order valence-corrected chi connectivity index (χ3v) is 5.18. The first-order chi connectivity index (χ1) is 9.63. The molecule has 20 heavy (non-hydrogen) atoms. The van der Waals surface area contributed by atoms with Gasteiger partial charge in [0.2, 0.25) is 0 Å². The number of likely N-dealkylation sites (tertiary alicyclic amines) is 1. The maximum atomic E-state index is 11.2. The highest BCUT2D eigenvalue weighted by atomic mass is 32.1. The molecule has 1 aliphatic heterocycles. The van der Waals surface area contributed by atoms with Gasteiger partial charge in [0.1, 0.15) is 5.92 Å². The third kappa shape index (κ3) is 2.81. The van der Waals surface area contributed by atoms with Gasteiger partial charge in [-0.15, -0.1) is 11.3 Å². The minimum Gasteiger partial charge on any atom is -0.481 e. The Labute approximate surface area is 123 Å². The van der Waals surface area contributed by atoms with Crippen molar-refractivity contribution in [3.05, 3.63) is 10.6 Å². The van der Waals surface area contributed by atoms with E-state index < -0.39 is 11.9 Å². The van der Waals surface area contributed by atoms with Crippen molar-refractivity contribution in [2.75, 3.05) is 25.0 Å². The number of hydrogen-bond acceptors (Lipinski definition) is 5. The molecule has 0 radical (unpaired) electrons. The molecule has 1 aromatic heterocycles. The molecule has 1 fully saturated rings. The standard InChI is InChI=1S/C14H21N3O2S/c1-9(8-17-6-2-3-7-17)15-14-16-12-10(13(18)19)4-5-11(12)20-14/h9-10H,2-8H2,1H3,(H,15,16)(H,18,19). The van der Waals surface area contributed by atoms with Gasteiger partial charge in [-0.05, 0) is 45.7 Å². The van der Waals surface area contributed by atoms with Crippen LogP contribution >= 0.6 is 11.3 Å². The van der Waals surface area contributed by atoms with E-state index in [1.54, 1.807) is 11.3 Å². The van der Waals surface area contributed by atoms with Crippen molar-refractivity contribution in [1.82, 2.24) is 9.88 Å². The van der Waals surface area contributed by atoms with Crippen molar-refractivity contribution < 1.29 is 9.90 Å². The summed E-state index contributed by atoms with van der Waals surface area (Å²) in [4.78, 5) is 19.3. The van der Waals surface area contributed by atoms with Crippen molar-refractivity contribution in [2.45, 2.75) is 44.6 Å². The van der Waals surface area contributed by atoms with Crippen molar-refractivity contribution in [3.8, 4) is 0 Å². The summed E-state index contributed by atoms with van der Waals surface area (Å²) >= 11 is 1.63. The van der Waals surface area contributed by atoms with Gasteiger partial charge < -0.3 is 15.3 Å². The number of thiazole rings is 1. The summed E-state index contributed by atoms with van der Waals surface area (Å²) in [5.41, 5.74) is 0.790. The predicted octanol–water partition coefficient (Wildman–Crippen LogP) is 2.15. The van der Waals surface area contributed by atoms with E-state index in [0.29, 0.717) is 12.5 Å². The number of fused-ring (bicyclic) bond motifs is 1. The van der Waals surface area contributed by atoms with Crippen LogP contribution in [0.1, 0.15) is 42.7 Å². The Kier molecular flexibility index (Phi) is 3.94. The largest absolute Gasteiger partial charge is 0.481 e. The molecule has 0 saturated carbocycles. The topological polar surface area (TPSA) is 65.5 Å². The van der Waals surface area contributed by atoms with Crippen LogP contribution in [0, 0.1) is 0 Å². The molecule has 2 aliphatic rings. The highest BCUT2D eigenvalue weighted by Crippen LogP contribution is 2.38. The van der Waals surface area contributed by atoms with Crippen LogP contribution in [0.2, 0.25) is 0 Å². The van der Waals surface area contributed by atoms with Crippen LogP contribution in [0.15, 0.2) is 0 Å². The molecule has 1 aromatic rings. The summed E-state index contributed by atoms with van der Waals surface area (Å²) in [7, 11) is 0. The quantitative estimate of drug-likeness (QED) is 0.871. The molecule has 1 saturated heterocycles. The van der Waals surface area contributed by atoms with Crippen LogP contribution in [0.5, 0.6) is 0 Å². The normalized spacial score (nSPS) is 23.8. The number of aromatic nitrogens is 1. The zero-order valence-electron chi connectivity index (χ0n) is 11.8. The van der Waals surface area contributed by atoms with Crippen LogP contribution in [0.25, 0.3) is 0 Å². The van der Waals surface area contributed by atoms with Crippen LogP contribution in [-0.4, -0.2) is 46.6 Å². The number of carbonyl (C=O) groups is 1. The van der Waals surface area contributed by atoms with E-state index in [4.69, 9.17) is 0 Å². The summed E-state index contributed by atoms with van der Waals surface area (Å²) in [6.07, 6.45) is 4.16. The van der Waals surface area contributed by atoms with Gasteiger partial charge in [0.25, 0.3) is 0 Å². The highest BCUT2D eigenvalue weighted by Gasteiger charge is 2.32. The number of carboxylic acid groups (broad SMARTS) is 1. The van der Waals surface area contributed by atoms with Gasteiger partial charge in [-0.2, -0.15) is 0 Å². The van der Waals surface area contributed by atoms with Gasteiger partial charge in [0, 0.05) is 17.5 Å². The smallest absolute Gasteiger partial charge is 0.312 e. The van der Waals surface area contributed by atoms with Crippen molar-refractivity contribution in [2.24, 2.45) is 0 Å². The van der Waals surface area contributed by atoms with Crippen LogP contribution in [0.3, 0.4) is 0 Å². The number of nitrogens with zero attached hydrogens (tertiary/aromatic N) is 2. The second kappa shape index (κ2) is 5.69. The molecule has 110 valence electrons. The van der Waals surface area contributed by atoms with Crippen LogP contribution < -0.4 is 5.32 Å². The van der Waals surface area contributed by atoms with Gasteiger partial charge in [0.15, 0.2) is 5.13 Å². The average Bonchev–Trinajstić information content (AvgIpc) is 3.04. The number of nitrogens with one attached hydrogen (secondary N) is 1. The number of rotatable bonds is 5. The fourth-order valence-electron chi connectivity index (χ4n) is 3.14. The summed E-state index contributed by atoms with van der Waals surface area (Å²) in [5, 5.41) is 13.5. The van der Waals surface area contributed by atoms with Gasteiger partial charge >= 0.3 is 5.97 Å². The molecular formula is C14H21N3O2S. The lowest BCUT2D eigenvalue weighted by molar-refractivity contribution is -0.138. The predicted molar refractivity (Wildman–Crippen MR) is 79.6 cm³/mol. The molecule has 1 aliphatic carbocycles. The van der Waals surface area contributed by atoms with Crippen molar-refractivity contribution in [1.29, 1.82) is 0 Å². The Morgan fingerprint density at radius 2 is 2.30 bits per heavy atom. The van der Waals surface area contributed by atoms with Crippen molar-refractivity contribution >= 4 is 22.4 Å². The molecule has 2 N–H and O–H groups in total. The number of aryl methyl sites for hydroxylation is 1. The summed E-state index contributed by atoms with van der Waals surface area (Å²) in [6.45, 7) is 5.59. The summed E-state index contributed by atoms with van der Waals surface area (Å²) in [6, 6.07) is 0.350. The average molecular weight is 295 g/mol. The molecule has 2 atom stereocenters. The van der Waals surface area contributed by atoms with E-state index in [1.165, 1.54) is 25.9 Å². The van der Waals surface area contributed by atoms with Crippen LogP contribution in [-0.2, 0) is 11.2 Å². The highest BCUT2D eigenvalue weighted by molar-refractivity contribution is 7.15. The molecule has 2 heterocycles. The zero-order chi connectivity index (χ0) is 14.1. The fraction of sp³-hybridized carbons (Fsp3) is 0.714. The van der Waals surface area contributed by atoms with Gasteiger partial charge in [-0.1, -0.05) is 0 Å².